The molecular weight excluding hydrogens is 418 g/mol. The number of hydrogen-bond acceptors (Lipinski definition) is 5. The molecular formula is C20H26ClNO4S2. The van der Waals surface area contributed by atoms with E-state index in [9.17, 15) is 13.2 Å². The van der Waals surface area contributed by atoms with Gasteiger partial charge in [0.25, 0.3) is 0 Å². The lowest BCUT2D eigenvalue weighted by Crippen LogP contribution is -2.28. The molecule has 0 saturated heterocycles. The first kappa shape index (κ1) is 22.9. The number of methoxy groups -OCH3 is 1. The van der Waals surface area contributed by atoms with Gasteiger partial charge in [0.2, 0.25) is 10.0 Å². The van der Waals surface area contributed by atoms with Crippen LogP contribution in [0, 0.1) is 0 Å². The Balaban J connectivity index is 2.10. The van der Waals surface area contributed by atoms with E-state index in [1.165, 1.54) is 19.2 Å². The number of carbonyl (C=O) groups is 1. The molecule has 0 aliphatic rings. The Kier molecular flexibility index (Phi) is 8.95. The monoisotopic (exact) mass is 443 g/mol. The lowest BCUT2D eigenvalue weighted by atomic mass is 10.1. The molecule has 1 N–H and O–H groups in total. The summed E-state index contributed by atoms with van der Waals surface area (Å²) < 4.78 is 33.1. The highest BCUT2D eigenvalue weighted by molar-refractivity contribution is 7.89. The second kappa shape index (κ2) is 11.0. The second-order valence-corrected chi connectivity index (χ2v) is 9.85. The molecule has 2 aromatic rings. The summed E-state index contributed by atoms with van der Waals surface area (Å²) in [5, 5.41) is 0.497. The number of benzene rings is 1. The topological polar surface area (TPSA) is 72.5 Å². The van der Waals surface area contributed by atoms with E-state index < -0.39 is 10.0 Å². The third-order valence-corrected chi connectivity index (χ3v) is 7.32. The molecule has 0 bridgehead atoms. The van der Waals surface area contributed by atoms with Crippen molar-refractivity contribution in [3.05, 3.63) is 51.2 Å². The van der Waals surface area contributed by atoms with Crippen LogP contribution in [0.5, 0.6) is 0 Å². The molecule has 0 aliphatic carbocycles. The van der Waals surface area contributed by atoms with E-state index in [2.05, 4.69) is 16.4 Å². The number of thiophene rings is 1. The van der Waals surface area contributed by atoms with Crippen LogP contribution < -0.4 is 4.72 Å². The molecule has 1 aromatic carbocycles. The zero-order valence-electron chi connectivity index (χ0n) is 16.1. The zero-order valence-corrected chi connectivity index (χ0v) is 18.5. The quantitative estimate of drug-likeness (QED) is 0.490. The maximum atomic E-state index is 12.8. The van der Waals surface area contributed by atoms with Gasteiger partial charge < -0.3 is 4.74 Å². The summed E-state index contributed by atoms with van der Waals surface area (Å²) in [4.78, 5) is 13.6. The number of rotatable bonds is 11. The fourth-order valence-corrected chi connectivity index (χ4v) is 5.35. The van der Waals surface area contributed by atoms with Crippen LogP contribution in [0.1, 0.15) is 54.8 Å². The van der Waals surface area contributed by atoms with E-state index in [1.54, 1.807) is 23.5 Å². The number of halogens is 1. The summed E-state index contributed by atoms with van der Waals surface area (Å²) in [7, 11) is -2.25. The number of aryl methyl sites for hydroxylation is 1. The van der Waals surface area contributed by atoms with Crippen LogP contribution in [0.25, 0.3) is 0 Å². The van der Waals surface area contributed by atoms with Gasteiger partial charge in [0.15, 0.2) is 0 Å². The van der Waals surface area contributed by atoms with Gasteiger partial charge in [0.1, 0.15) is 0 Å². The average molecular weight is 444 g/mol. The highest BCUT2D eigenvalue weighted by Gasteiger charge is 2.22. The minimum absolute atomic E-state index is 0.202. The first-order valence-corrected chi connectivity index (χ1v) is 12.0. The molecule has 1 aromatic heterocycles. The van der Waals surface area contributed by atoms with Crippen LogP contribution in [-0.4, -0.2) is 21.5 Å². The molecule has 0 radical (unpaired) electrons. The number of esters is 1. The molecule has 0 spiro atoms. The van der Waals surface area contributed by atoms with E-state index in [1.807, 2.05) is 12.1 Å². The van der Waals surface area contributed by atoms with Crippen molar-refractivity contribution in [3.63, 3.8) is 0 Å². The van der Waals surface area contributed by atoms with E-state index in [0.717, 1.165) is 35.4 Å². The molecule has 0 aliphatic heterocycles. The summed E-state index contributed by atoms with van der Waals surface area (Å²) in [5.41, 5.74) is 0. The summed E-state index contributed by atoms with van der Waals surface area (Å²) in [5.74, 6) is -0.215. The van der Waals surface area contributed by atoms with Gasteiger partial charge >= 0.3 is 5.97 Å². The van der Waals surface area contributed by atoms with Crippen LogP contribution >= 0.6 is 22.9 Å². The Morgan fingerprint density at radius 3 is 2.54 bits per heavy atom. The molecule has 0 fully saturated rings. The minimum atomic E-state index is -3.64. The first-order valence-electron chi connectivity index (χ1n) is 9.29. The van der Waals surface area contributed by atoms with Crippen LogP contribution in [0.2, 0.25) is 5.02 Å². The molecule has 1 heterocycles. The van der Waals surface area contributed by atoms with Crippen molar-refractivity contribution >= 4 is 38.9 Å². The largest absolute Gasteiger partial charge is 0.469 e. The molecule has 8 heteroatoms. The molecule has 5 nitrogen and oxygen atoms in total. The van der Waals surface area contributed by atoms with Crippen molar-refractivity contribution < 1.29 is 17.9 Å². The van der Waals surface area contributed by atoms with Crippen molar-refractivity contribution in [1.82, 2.24) is 4.72 Å². The van der Waals surface area contributed by atoms with E-state index in [-0.39, 0.29) is 16.9 Å². The maximum Gasteiger partial charge on any atom is 0.305 e. The van der Waals surface area contributed by atoms with E-state index in [0.29, 0.717) is 17.9 Å². The zero-order chi connectivity index (χ0) is 20.6. The summed E-state index contributed by atoms with van der Waals surface area (Å²) >= 11 is 7.45. The van der Waals surface area contributed by atoms with Crippen molar-refractivity contribution in [2.45, 2.75) is 56.4 Å². The molecule has 154 valence electrons. The standard InChI is InChI=1S/C20H26ClNO4S2/c1-3-4-7-18(22-28(24,25)17-12-9-15(21)10-13-17)19-14-11-16(27-19)6-5-8-20(23)26-2/h9-14,18,22H,3-8H2,1-2H3. The van der Waals surface area contributed by atoms with E-state index >= 15 is 0 Å². The average Bonchev–Trinajstić information content (AvgIpc) is 3.14. The third-order valence-electron chi connectivity index (χ3n) is 4.33. The summed E-state index contributed by atoms with van der Waals surface area (Å²) in [6.07, 6.45) is 4.49. The number of carbonyl (C=O) groups excluding carboxylic acids is 1. The highest BCUT2D eigenvalue weighted by Crippen LogP contribution is 2.29. The fourth-order valence-electron chi connectivity index (χ4n) is 2.76. The Bertz CT molecular complexity index is 863. The number of nitrogens with one attached hydrogen (secondary N) is 1. The van der Waals surface area contributed by atoms with Gasteiger partial charge in [-0.25, -0.2) is 13.1 Å². The summed E-state index contributed by atoms with van der Waals surface area (Å²) in [6, 6.07) is 9.86. The van der Waals surface area contributed by atoms with Crippen LogP contribution in [0.4, 0.5) is 0 Å². The predicted molar refractivity (Wildman–Crippen MR) is 113 cm³/mol. The maximum absolute atomic E-state index is 12.8. The van der Waals surface area contributed by atoms with Crippen molar-refractivity contribution in [2.75, 3.05) is 7.11 Å². The molecule has 1 unspecified atom stereocenters. The van der Waals surface area contributed by atoms with Gasteiger partial charge in [-0.05, 0) is 55.7 Å². The Labute approximate surface area is 176 Å². The van der Waals surface area contributed by atoms with Crippen LogP contribution in [0.15, 0.2) is 41.3 Å². The number of ether oxygens (including phenoxy) is 1. The SMILES string of the molecule is CCCCC(NS(=O)(=O)c1ccc(Cl)cc1)c1ccc(CCCC(=O)OC)s1. The molecule has 28 heavy (non-hydrogen) atoms. The predicted octanol–water partition coefficient (Wildman–Crippen LogP) is 5.11. The molecule has 0 amide bonds. The normalized spacial score (nSPS) is 12.7. The van der Waals surface area contributed by atoms with Crippen LogP contribution in [0.3, 0.4) is 0 Å². The Hall–Kier alpha value is -1.41. The number of hydrogen-bond donors (Lipinski definition) is 1. The lowest BCUT2D eigenvalue weighted by molar-refractivity contribution is -0.140. The minimum Gasteiger partial charge on any atom is -0.469 e. The van der Waals surface area contributed by atoms with Gasteiger partial charge in [-0.15, -0.1) is 11.3 Å². The fraction of sp³-hybridized carbons (Fsp3) is 0.450. The Morgan fingerprint density at radius 1 is 1.18 bits per heavy atom. The van der Waals surface area contributed by atoms with Crippen LogP contribution in [-0.2, 0) is 26.0 Å². The van der Waals surface area contributed by atoms with Gasteiger partial charge in [0.05, 0.1) is 18.0 Å². The second-order valence-electron chi connectivity index (χ2n) is 6.50. The van der Waals surface area contributed by atoms with Gasteiger partial charge in [-0.1, -0.05) is 31.4 Å². The number of unbranched alkanes of at least 4 members (excludes halogenated alkanes) is 1. The van der Waals surface area contributed by atoms with Gasteiger partial charge in [-0.3, -0.25) is 4.79 Å². The first-order chi connectivity index (χ1) is 13.4. The molecule has 0 saturated carbocycles. The van der Waals surface area contributed by atoms with Gasteiger partial charge in [0, 0.05) is 21.2 Å². The highest BCUT2D eigenvalue weighted by atomic mass is 35.5. The lowest BCUT2D eigenvalue weighted by Gasteiger charge is -2.17. The van der Waals surface area contributed by atoms with Gasteiger partial charge in [-0.2, -0.15) is 0 Å². The van der Waals surface area contributed by atoms with Crippen molar-refractivity contribution in [1.29, 1.82) is 0 Å². The smallest absolute Gasteiger partial charge is 0.305 e. The molecule has 1 atom stereocenters. The van der Waals surface area contributed by atoms with E-state index in [4.69, 9.17) is 11.6 Å². The number of sulfonamides is 1. The molecule has 2 rings (SSSR count). The van der Waals surface area contributed by atoms with Crippen molar-refractivity contribution in [2.24, 2.45) is 0 Å². The summed E-state index contributed by atoms with van der Waals surface area (Å²) in [6.45, 7) is 2.08. The van der Waals surface area contributed by atoms with Crippen molar-refractivity contribution in [3.8, 4) is 0 Å². The third kappa shape index (κ3) is 6.88. The Morgan fingerprint density at radius 2 is 1.89 bits per heavy atom.